The summed E-state index contributed by atoms with van der Waals surface area (Å²) in [5.41, 5.74) is 2.55. The third-order valence-electron chi connectivity index (χ3n) is 7.44. The van der Waals surface area contributed by atoms with Gasteiger partial charge in [0.15, 0.2) is 17.4 Å². The molecule has 0 atom stereocenters. The van der Waals surface area contributed by atoms with Crippen LogP contribution in [0.4, 0.5) is 25.1 Å². The SMILES string of the molecule is CCOc1cc(F)c(Cn2nc(-c3ncc(OCCCOC(=O)CNC(=O)OC(C)(C)C)c(Nc4cc(C)ncc4C)n3)c3ccccc32)c(F)c1. The van der Waals surface area contributed by atoms with Crippen LogP contribution in [0.2, 0.25) is 0 Å². The summed E-state index contributed by atoms with van der Waals surface area (Å²) in [6.45, 7) is 10.6. The molecule has 3 heterocycles. The number of benzene rings is 2. The highest BCUT2D eigenvalue weighted by Gasteiger charge is 2.21. The fraction of sp³-hybridized carbons (Fsp3) is 0.351. The van der Waals surface area contributed by atoms with E-state index in [0.29, 0.717) is 34.6 Å². The third kappa shape index (κ3) is 9.68. The Kier molecular flexibility index (Phi) is 11.8. The lowest BCUT2D eigenvalue weighted by atomic mass is 10.1. The molecular formula is C37H41F2N7O6. The molecule has 0 unspecified atom stereocenters. The average Bonchev–Trinajstić information content (AvgIpc) is 3.45. The van der Waals surface area contributed by atoms with Crippen LogP contribution in [-0.4, -0.2) is 68.8 Å². The average molecular weight is 718 g/mol. The number of nitrogens with zero attached hydrogens (tertiary/aromatic N) is 5. The van der Waals surface area contributed by atoms with Crippen molar-refractivity contribution in [2.75, 3.05) is 31.7 Å². The number of carbonyl (C=O) groups is 2. The fourth-order valence-electron chi connectivity index (χ4n) is 5.05. The van der Waals surface area contributed by atoms with Crippen molar-refractivity contribution in [1.29, 1.82) is 0 Å². The van der Waals surface area contributed by atoms with Crippen LogP contribution in [0.5, 0.6) is 11.5 Å². The highest BCUT2D eigenvalue weighted by Crippen LogP contribution is 2.33. The lowest BCUT2D eigenvalue weighted by molar-refractivity contribution is -0.142. The van der Waals surface area contributed by atoms with Crippen molar-refractivity contribution in [3.63, 3.8) is 0 Å². The molecule has 5 rings (SSSR count). The van der Waals surface area contributed by atoms with Gasteiger partial charge in [0, 0.05) is 47.1 Å². The first-order valence-electron chi connectivity index (χ1n) is 16.7. The molecule has 2 N–H and O–H groups in total. The molecule has 2 aromatic carbocycles. The maximum Gasteiger partial charge on any atom is 0.408 e. The second-order valence-electron chi connectivity index (χ2n) is 12.8. The van der Waals surface area contributed by atoms with Crippen LogP contribution < -0.4 is 20.1 Å². The molecule has 0 spiro atoms. The molecule has 0 bridgehead atoms. The van der Waals surface area contributed by atoms with Crippen molar-refractivity contribution in [2.45, 2.75) is 60.1 Å². The Hall–Kier alpha value is -5.86. The van der Waals surface area contributed by atoms with E-state index < -0.39 is 29.3 Å². The van der Waals surface area contributed by atoms with Crippen molar-refractivity contribution in [1.82, 2.24) is 30.0 Å². The summed E-state index contributed by atoms with van der Waals surface area (Å²) in [5, 5.41) is 11.1. The Morgan fingerprint density at radius 3 is 2.44 bits per heavy atom. The van der Waals surface area contributed by atoms with E-state index in [0.717, 1.165) is 29.1 Å². The number of rotatable bonds is 14. The van der Waals surface area contributed by atoms with Crippen LogP contribution in [0.1, 0.15) is 50.9 Å². The quantitative estimate of drug-likeness (QED) is 0.0921. The van der Waals surface area contributed by atoms with Gasteiger partial charge >= 0.3 is 12.1 Å². The summed E-state index contributed by atoms with van der Waals surface area (Å²) in [5.74, 6) is -1.11. The molecule has 0 aliphatic carbocycles. The molecular weight excluding hydrogens is 676 g/mol. The van der Waals surface area contributed by atoms with E-state index in [1.165, 1.54) is 10.9 Å². The van der Waals surface area contributed by atoms with Gasteiger partial charge in [0.05, 0.1) is 38.1 Å². The molecule has 5 aromatic rings. The van der Waals surface area contributed by atoms with E-state index >= 15 is 8.78 Å². The first-order chi connectivity index (χ1) is 24.8. The lowest BCUT2D eigenvalue weighted by Crippen LogP contribution is -2.36. The third-order valence-corrected chi connectivity index (χ3v) is 7.44. The van der Waals surface area contributed by atoms with Gasteiger partial charge in [0.1, 0.15) is 35.2 Å². The fourth-order valence-corrected chi connectivity index (χ4v) is 5.05. The summed E-state index contributed by atoms with van der Waals surface area (Å²) in [4.78, 5) is 37.6. The number of anilines is 2. The molecule has 13 nitrogen and oxygen atoms in total. The zero-order valence-electron chi connectivity index (χ0n) is 29.9. The number of alkyl carbamates (subject to hydrolysis) is 1. The number of pyridine rings is 1. The number of aromatic nitrogens is 5. The van der Waals surface area contributed by atoms with Crippen molar-refractivity contribution in [2.24, 2.45) is 0 Å². The highest BCUT2D eigenvalue weighted by atomic mass is 19.1. The first-order valence-corrected chi connectivity index (χ1v) is 16.7. The van der Waals surface area contributed by atoms with Crippen LogP contribution in [0.3, 0.4) is 0 Å². The van der Waals surface area contributed by atoms with Crippen molar-refractivity contribution < 1.29 is 37.3 Å². The highest BCUT2D eigenvalue weighted by molar-refractivity contribution is 5.92. The van der Waals surface area contributed by atoms with Crippen LogP contribution >= 0.6 is 0 Å². The van der Waals surface area contributed by atoms with E-state index in [1.807, 2.05) is 38.1 Å². The normalized spacial score (nSPS) is 11.3. The van der Waals surface area contributed by atoms with Crippen molar-refractivity contribution in [3.8, 4) is 23.0 Å². The monoisotopic (exact) mass is 717 g/mol. The van der Waals surface area contributed by atoms with Gasteiger partial charge in [-0.25, -0.2) is 23.5 Å². The minimum atomic E-state index is -0.746. The van der Waals surface area contributed by atoms with E-state index in [4.69, 9.17) is 29.0 Å². The largest absolute Gasteiger partial charge is 0.494 e. The van der Waals surface area contributed by atoms with E-state index in [1.54, 1.807) is 40.0 Å². The molecule has 0 saturated heterocycles. The number of para-hydroxylation sites is 1. The van der Waals surface area contributed by atoms with E-state index in [2.05, 4.69) is 20.6 Å². The predicted molar refractivity (Wildman–Crippen MR) is 190 cm³/mol. The van der Waals surface area contributed by atoms with Gasteiger partial charge in [0.25, 0.3) is 0 Å². The molecule has 15 heteroatoms. The number of aryl methyl sites for hydroxylation is 2. The summed E-state index contributed by atoms with van der Waals surface area (Å²) >= 11 is 0. The standard InChI is InChI=1S/C37H41F2N7O6/c1-7-49-24-16-27(38)26(28(39)17-24)21-46-30-12-9-8-11-25(30)33(45-46)35-41-19-31(34(44-35)43-29-15-23(3)40-18-22(29)2)50-13-10-14-51-32(47)20-42-36(48)52-37(4,5)6/h8-9,11-12,15-19H,7,10,13-14,20-21H2,1-6H3,(H,42,48)(H,40,41,43,44). The smallest absolute Gasteiger partial charge is 0.408 e. The van der Waals surface area contributed by atoms with Crippen LogP contribution in [0, 0.1) is 25.5 Å². The Bertz CT molecular complexity index is 2040. The first kappa shape index (κ1) is 37.4. The number of esters is 1. The maximum atomic E-state index is 15.1. The number of hydrogen-bond acceptors (Lipinski definition) is 11. The van der Waals surface area contributed by atoms with Gasteiger partial charge in [-0.1, -0.05) is 18.2 Å². The van der Waals surface area contributed by atoms with Gasteiger partial charge in [0.2, 0.25) is 0 Å². The second-order valence-corrected chi connectivity index (χ2v) is 12.8. The summed E-state index contributed by atoms with van der Waals surface area (Å²) in [6.07, 6.45) is 2.86. The lowest BCUT2D eigenvalue weighted by Gasteiger charge is -2.19. The molecule has 0 saturated carbocycles. The molecule has 3 aromatic heterocycles. The number of fused-ring (bicyclic) bond motifs is 1. The molecule has 0 aliphatic heterocycles. The molecule has 1 amide bonds. The van der Waals surface area contributed by atoms with Gasteiger partial charge in [-0.3, -0.25) is 14.5 Å². The summed E-state index contributed by atoms with van der Waals surface area (Å²) < 4.78 is 53.3. The minimum Gasteiger partial charge on any atom is -0.494 e. The van der Waals surface area contributed by atoms with Gasteiger partial charge < -0.3 is 29.6 Å². The zero-order valence-corrected chi connectivity index (χ0v) is 29.9. The number of amides is 1. The Labute approximate surface area is 299 Å². The maximum absolute atomic E-state index is 15.1. The molecule has 0 radical (unpaired) electrons. The summed E-state index contributed by atoms with van der Waals surface area (Å²) in [6, 6.07) is 11.5. The van der Waals surface area contributed by atoms with Crippen molar-refractivity contribution >= 4 is 34.5 Å². The Morgan fingerprint density at radius 2 is 1.71 bits per heavy atom. The zero-order chi connectivity index (χ0) is 37.4. The van der Waals surface area contributed by atoms with Crippen LogP contribution in [-0.2, 0) is 20.8 Å². The van der Waals surface area contributed by atoms with Crippen LogP contribution in [0.25, 0.3) is 22.4 Å². The second kappa shape index (κ2) is 16.4. The molecule has 52 heavy (non-hydrogen) atoms. The van der Waals surface area contributed by atoms with Gasteiger partial charge in [-0.2, -0.15) is 5.10 Å². The predicted octanol–water partition coefficient (Wildman–Crippen LogP) is 6.81. The number of hydrogen-bond donors (Lipinski definition) is 2. The molecule has 0 aliphatic rings. The number of nitrogens with one attached hydrogen (secondary N) is 2. The van der Waals surface area contributed by atoms with Crippen molar-refractivity contribution in [3.05, 3.63) is 83.3 Å². The van der Waals surface area contributed by atoms with Gasteiger partial charge in [-0.15, -0.1) is 0 Å². The van der Waals surface area contributed by atoms with Gasteiger partial charge in [-0.05, 0) is 59.2 Å². The minimum absolute atomic E-state index is 0.0398. The van der Waals surface area contributed by atoms with E-state index in [-0.39, 0.29) is 50.0 Å². The molecule has 274 valence electrons. The Balaban J connectivity index is 1.36. The molecule has 0 fully saturated rings. The number of halogens is 2. The van der Waals surface area contributed by atoms with Crippen LogP contribution in [0.15, 0.2) is 54.9 Å². The Morgan fingerprint density at radius 1 is 0.962 bits per heavy atom. The topological polar surface area (TPSA) is 152 Å². The summed E-state index contributed by atoms with van der Waals surface area (Å²) in [7, 11) is 0. The number of ether oxygens (including phenoxy) is 4. The number of carbonyl (C=O) groups excluding carboxylic acids is 2. The van der Waals surface area contributed by atoms with E-state index in [9.17, 15) is 9.59 Å².